The number of nitrogen functional groups attached to an aromatic ring is 1. The molecule has 1 heterocycles. The van der Waals surface area contributed by atoms with Crippen molar-refractivity contribution in [3.63, 3.8) is 0 Å². The summed E-state index contributed by atoms with van der Waals surface area (Å²) in [7, 11) is 0. The fourth-order valence-electron chi connectivity index (χ4n) is 1.69. The fourth-order valence-corrected chi connectivity index (χ4v) is 2.15. The minimum absolute atomic E-state index is 0.335. The van der Waals surface area contributed by atoms with E-state index in [9.17, 15) is 4.39 Å². The number of nitrogens with one attached hydrogen (secondary N) is 1. The van der Waals surface area contributed by atoms with Crippen LogP contribution in [0.3, 0.4) is 0 Å². The molecule has 0 bridgehead atoms. The van der Waals surface area contributed by atoms with Gasteiger partial charge in [0.1, 0.15) is 11.6 Å². The zero-order valence-corrected chi connectivity index (χ0v) is 12.8. The van der Waals surface area contributed by atoms with Crippen LogP contribution in [0.2, 0.25) is 0 Å². The average Bonchev–Trinajstić information content (AvgIpc) is 2.40. The molecular weight excluding hydrogens is 325 g/mol. The Hall–Kier alpha value is -1.82. The van der Waals surface area contributed by atoms with E-state index in [2.05, 4.69) is 26.2 Å². The van der Waals surface area contributed by atoms with E-state index in [0.717, 1.165) is 5.56 Å². The molecule has 2 aromatic rings. The maximum absolute atomic E-state index is 13.6. The van der Waals surface area contributed by atoms with Crippen LogP contribution in [-0.4, -0.2) is 11.6 Å². The molecule has 0 amide bonds. The summed E-state index contributed by atoms with van der Waals surface area (Å²) in [6.07, 6.45) is 0. The Morgan fingerprint density at radius 3 is 2.85 bits per heavy atom. The van der Waals surface area contributed by atoms with E-state index in [4.69, 9.17) is 10.5 Å². The SMILES string of the molecule is CCOc1nc(Nc2cc(F)c(Br)cc2C)ccc1N. The van der Waals surface area contributed by atoms with Crippen molar-refractivity contribution < 1.29 is 9.13 Å². The second-order valence-corrected chi connectivity index (χ2v) is 5.08. The number of halogens is 2. The number of ether oxygens (including phenoxy) is 1. The van der Waals surface area contributed by atoms with Crippen LogP contribution in [0.1, 0.15) is 12.5 Å². The molecule has 4 nitrogen and oxygen atoms in total. The van der Waals surface area contributed by atoms with Gasteiger partial charge in [-0.1, -0.05) is 0 Å². The maximum Gasteiger partial charge on any atom is 0.239 e. The monoisotopic (exact) mass is 339 g/mol. The molecule has 2 rings (SSSR count). The molecule has 0 aliphatic heterocycles. The first-order valence-corrected chi connectivity index (χ1v) is 6.92. The Balaban J connectivity index is 2.30. The summed E-state index contributed by atoms with van der Waals surface area (Å²) >= 11 is 3.15. The summed E-state index contributed by atoms with van der Waals surface area (Å²) in [6.45, 7) is 4.22. The standard InChI is InChI=1S/C14H15BrFN3O/c1-3-20-14-11(17)4-5-13(19-14)18-12-7-10(16)9(15)6-8(12)2/h4-7H,3,17H2,1-2H3,(H,18,19). The molecule has 0 saturated carbocycles. The Morgan fingerprint density at radius 2 is 2.15 bits per heavy atom. The third-order valence-corrected chi connectivity index (χ3v) is 3.31. The molecule has 0 aliphatic rings. The van der Waals surface area contributed by atoms with Crippen LogP contribution in [0.5, 0.6) is 5.88 Å². The first-order chi connectivity index (χ1) is 9.51. The first kappa shape index (κ1) is 14.6. The largest absolute Gasteiger partial charge is 0.476 e. The normalized spacial score (nSPS) is 10.4. The van der Waals surface area contributed by atoms with Crippen LogP contribution in [-0.2, 0) is 0 Å². The van der Waals surface area contributed by atoms with E-state index in [0.29, 0.717) is 34.2 Å². The molecule has 6 heteroatoms. The Kier molecular flexibility index (Phi) is 4.44. The van der Waals surface area contributed by atoms with Crippen molar-refractivity contribution >= 4 is 33.1 Å². The molecule has 0 unspecified atom stereocenters. The Morgan fingerprint density at radius 1 is 1.40 bits per heavy atom. The minimum atomic E-state index is -0.335. The first-order valence-electron chi connectivity index (χ1n) is 6.13. The molecule has 0 atom stereocenters. The Labute approximate surface area is 125 Å². The number of aryl methyl sites for hydroxylation is 1. The number of hydrogen-bond donors (Lipinski definition) is 2. The molecule has 0 aliphatic carbocycles. The van der Waals surface area contributed by atoms with Crippen LogP contribution in [0.15, 0.2) is 28.7 Å². The highest BCUT2D eigenvalue weighted by atomic mass is 79.9. The molecule has 0 spiro atoms. The second-order valence-electron chi connectivity index (χ2n) is 4.23. The van der Waals surface area contributed by atoms with Crippen molar-refractivity contribution in [2.75, 3.05) is 17.7 Å². The van der Waals surface area contributed by atoms with Crippen LogP contribution >= 0.6 is 15.9 Å². The second kappa shape index (κ2) is 6.09. The summed E-state index contributed by atoms with van der Waals surface area (Å²) in [5.74, 6) is 0.582. The van der Waals surface area contributed by atoms with Gasteiger partial charge in [0.15, 0.2) is 0 Å². The van der Waals surface area contributed by atoms with Gasteiger partial charge in [0.25, 0.3) is 0 Å². The van der Waals surface area contributed by atoms with Crippen molar-refractivity contribution in [2.45, 2.75) is 13.8 Å². The molecule has 1 aromatic carbocycles. The van der Waals surface area contributed by atoms with Gasteiger partial charge in [-0.3, -0.25) is 0 Å². The van der Waals surface area contributed by atoms with E-state index in [-0.39, 0.29) is 5.82 Å². The number of hydrogen-bond acceptors (Lipinski definition) is 4. The minimum Gasteiger partial charge on any atom is -0.476 e. The lowest BCUT2D eigenvalue weighted by molar-refractivity contribution is 0.329. The number of nitrogens with two attached hydrogens (primary N) is 1. The van der Waals surface area contributed by atoms with Gasteiger partial charge in [0.2, 0.25) is 5.88 Å². The van der Waals surface area contributed by atoms with Gasteiger partial charge in [-0.25, -0.2) is 4.39 Å². The predicted molar refractivity (Wildman–Crippen MR) is 81.9 cm³/mol. The lowest BCUT2D eigenvalue weighted by Gasteiger charge is -2.12. The van der Waals surface area contributed by atoms with E-state index < -0.39 is 0 Å². The topological polar surface area (TPSA) is 60.2 Å². The van der Waals surface area contributed by atoms with Crippen molar-refractivity contribution in [3.05, 3.63) is 40.1 Å². The van der Waals surface area contributed by atoms with Gasteiger partial charge in [-0.05, 0) is 59.6 Å². The van der Waals surface area contributed by atoms with Crippen molar-refractivity contribution in [1.82, 2.24) is 4.98 Å². The Bertz CT molecular complexity index is 634. The quantitative estimate of drug-likeness (QED) is 0.883. The van der Waals surface area contributed by atoms with Crippen molar-refractivity contribution in [1.29, 1.82) is 0 Å². The van der Waals surface area contributed by atoms with Gasteiger partial charge in [0.05, 0.1) is 16.8 Å². The number of pyridine rings is 1. The molecule has 106 valence electrons. The number of anilines is 3. The fraction of sp³-hybridized carbons (Fsp3) is 0.214. The lowest BCUT2D eigenvalue weighted by atomic mass is 10.2. The van der Waals surface area contributed by atoms with E-state index >= 15 is 0 Å². The van der Waals surface area contributed by atoms with Crippen LogP contribution in [0.25, 0.3) is 0 Å². The summed E-state index contributed by atoms with van der Waals surface area (Å²) in [6, 6.07) is 6.54. The average molecular weight is 340 g/mol. The molecule has 1 aromatic heterocycles. The van der Waals surface area contributed by atoms with Gasteiger partial charge >= 0.3 is 0 Å². The van der Waals surface area contributed by atoms with Gasteiger partial charge in [0, 0.05) is 5.69 Å². The summed E-state index contributed by atoms with van der Waals surface area (Å²) in [4.78, 5) is 4.26. The summed E-state index contributed by atoms with van der Waals surface area (Å²) in [5.41, 5.74) is 7.77. The van der Waals surface area contributed by atoms with E-state index in [1.165, 1.54) is 6.07 Å². The number of aromatic nitrogens is 1. The zero-order chi connectivity index (χ0) is 14.7. The van der Waals surface area contributed by atoms with Gasteiger partial charge in [-0.15, -0.1) is 0 Å². The van der Waals surface area contributed by atoms with Gasteiger partial charge < -0.3 is 15.8 Å². The lowest BCUT2D eigenvalue weighted by Crippen LogP contribution is -2.03. The number of rotatable bonds is 4. The van der Waals surface area contributed by atoms with Crippen LogP contribution in [0, 0.1) is 12.7 Å². The highest BCUT2D eigenvalue weighted by Crippen LogP contribution is 2.28. The van der Waals surface area contributed by atoms with Crippen LogP contribution in [0.4, 0.5) is 21.6 Å². The maximum atomic E-state index is 13.6. The third-order valence-electron chi connectivity index (χ3n) is 2.70. The molecule has 0 fully saturated rings. The van der Waals surface area contributed by atoms with E-state index in [1.807, 2.05) is 13.8 Å². The zero-order valence-electron chi connectivity index (χ0n) is 11.2. The van der Waals surface area contributed by atoms with E-state index in [1.54, 1.807) is 18.2 Å². The molecule has 0 radical (unpaired) electrons. The molecule has 20 heavy (non-hydrogen) atoms. The highest BCUT2D eigenvalue weighted by Gasteiger charge is 2.08. The van der Waals surface area contributed by atoms with Crippen molar-refractivity contribution in [3.8, 4) is 5.88 Å². The predicted octanol–water partition coefficient (Wildman–Crippen LogP) is 4.02. The number of benzene rings is 1. The molecular formula is C14H15BrFN3O. The number of nitrogens with zero attached hydrogens (tertiary/aromatic N) is 1. The van der Waals surface area contributed by atoms with Gasteiger partial charge in [-0.2, -0.15) is 4.98 Å². The third kappa shape index (κ3) is 3.19. The summed E-state index contributed by atoms with van der Waals surface area (Å²) in [5, 5.41) is 3.06. The highest BCUT2D eigenvalue weighted by molar-refractivity contribution is 9.10. The summed E-state index contributed by atoms with van der Waals surface area (Å²) < 4.78 is 19.3. The van der Waals surface area contributed by atoms with Crippen LogP contribution < -0.4 is 15.8 Å². The van der Waals surface area contributed by atoms with Crippen molar-refractivity contribution in [2.24, 2.45) is 0 Å². The molecule has 0 saturated heterocycles. The smallest absolute Gasteiger partial charge is 0.239 e. The molecule has 3 N–H and O–H groups in total.